The average Bonchev–Trinajstić information content (AvgIpc) is 2.30. The van der Waals surface area contributed by atoms with Crippen molar-refractivity contribution in [1.82, 2.24) is 9.97 Å². The van der Waals surface area contributed by atoms with Crippen LogP contribution in [-0.4, -0.2) is 30.1 Å². The Hall–Kier alpha value is -0.840. The predicted octanol–water partition coefficient (Wildman–Crippen LogP) is 2.27. The van der Waals surface area contributed by atoms with Gasteiger partial charge in [-0.2, -0.15) is 0 Å². The third-order valence-electron chi connectivity index (χ3n) is 2.66. The molecule has 2 rings (SSSR count). The zero-order valence-electron chi connectivity index (χ0n) is 8.83. The summed E-state index contributed by atoms with van der Waals surface area (Å²) in [5.74, 6) is 1.86. The molecular formula is C10H15BrN4. The lowest BCUT2D eigenvalue weighted by molar-refractivity contribution is 0.572. The van der Waals surface area contributed by atoms with E-state index in [4.69, 9.17) is 0 Å². The molecule has 1 saturated heterocycles. The standard InChI is InChI=1S/C10H15BrN4/c1-12-9-8(11)10(14-7-13-9)15-5-3-2-4-6-15/h7H,2-6H2,1H3,(H,12,13,14). The van der Waals surface area contributed by atoms with Gasteiger partial charge < -0.3 is 10.2 Å². The highest BCUT2D eigenvalue weighted by Crippen LogP contribution is 2.30. The van der Waals surface area contributed by atoms with Gasteiger partial charge in [0.2, 0.25) is 0 Å². The SMILES string of the molecule is CNc1ncnc(N2CCCCC2)c1Br. The summed E-state index contributed by atoms with van der Waals surface area (Å²) in [7, 11) is 1.87. The lowest BCUT2D eigenvalue weighted by Crippen LogP contribution is -2.30. The summed E-state index contributed by atoms with van der Waals surface area (Å²) in [5.41, 5.74) is 0. The van der Waals surface area contributed by atoms with Crippen LogP contribution in [0.3, 0.4) is 0 Å². The van der Waals surface area contributed by atoms with Crippen LogP contribution >= 0.6 is 15.9 Å². The molecule has 0 aliphatic carbocycles. The van der Waals surface area contributed by atoms with Crippen molar-refractivity contribution in [2.45, 2.75) is 19.3 Å². The van der Waals surface area contributed by atoms with Crippen molar-refractivity contribution in [2.75, 3.05) is 30.4 Å². The smallest absolute Gasteiger partial charge is 0.148 e. The van der Waals surface area contributed by atoms with Crippen LogP contribution in [0.25, 0.3) is 0 Å². The van der Waals surface area contributed by atoms with Crippen LogP contribution in [0, 0.1) is 0 Å². The number of rotatable bonds is 2. The van der Waals surface area contributed by atoms with Crippen LogP contribution in [0.15, 0.2) is 10.8 Å². The number of piperidine rings is 1. The van der Waals surface area contributed by atoms with Gasteiger partial charge in [0.05, 0.1) is 0 Å². The molecule has 5 heteroatoms. The van der Waals surface area contributed by atoms with E-state index in [9.17, 15) is 0 Å². The van der Waals surface area contributed by atoms with Gasteiger partial charge in [-0.3, -0.25) is 0 Å². The molecule has 0 amide bonds. The maximum Gasteiger partial charge on any atom is 0.148 e. The second-order valence-electron chi connectivity index (χ2n) is 3.66. The van der Waals surface area contributed by atoms with Crippen molar-refractivity contribution in [3.63, 3.8) is 0 Å². The molecule has 1 aliphatic rings. The van der Waals surface area contributed by atoms with E-state index in [1.165, 1.54) is 19.3 Å². The third kappa shape index (κ3) is 2.22. The van der Waals surface area contributed by atoms with Gasteiger partial charge in [-0.25, -0.2) is 9.97 Å². The minimum atomic E-state index is 0.852. The molecular weight excluding hydrogens is 256 g/mol. The monoisotopic (exact) mass is 270 g/mol. The van der Waals surface area contributed by atoms with Gasteiger partial charge in [0.15, 0.2) is 0 Å². The van der Waals surface area contributed by atoms with E-state index in [-0.39, 0.29) is 0 Å². The fraction of sp³-hybridized carbons (Fsp3) is 0.600. The molecule has 1 aromatic heterocycles. The van der Waals surface area contributed by atoms with Crippen LogP contribution < -0.4 is 10.2 Å². The Labute approximate surface area is 98.2 Å². The lowest BCUT2D eigenvalue weighted by atomic mass is 10.1. The quantitative estimate of drug-likeness (QED) is 0.895. The number of nitrogens with zero attached hydrogens (tertiary/aromatic N) is 3. The fourth-order valence-corrected chi connectivity index (χ4v) is 2.51. The van der Waals surface area contributed by atoms with E-state index >= 15 is 0 Å². The second-order valence-corrected chi connectivity index (χ2v) is 4.45. The Morgan fingerprint density at radius 3 is 2.67 bits per heavy atom. The third-order valence-corrected chi connectivity index (χ3v) is 3.39. The number of hydrogen-bond acceptors (Lipinski definition) is 4. The molecule has 2 heterocycles. The molecule has 82 valence electrons. The van der Waals surface area contributed by atoms with Gasteiger partial charge in [0.25, 0.3) is 0 Å². The first-order valence-electron chi connectivity index (χ1n) is 5.26. The first-order valence-corrected chi connectivity index (χ1v) is 6.05. The minimum Gasteiger partial charge on any atom is -0.372 e. The molecule has 0 saturated carbocycles. The molecule has 0 radical (unpaired) electrons. The van der Waals surface area contributed by atoms with E-state index < -0.39 is 0 Å². The lowest BCUT2D eigenvalue weighted by Gasteiger charge is -2.28. The van der Waals surface area contributed by atoms with Crippen LogP contribution in [0.4, 0.5) is 11.6 Å². The number of anilines is 2. The Morgan fingerprint density at radius 1 is 1.27 bits per heavy atom. The Kier molecular flexibility index (Phi) is 3.41. The average molecular weight is 271 g/mol. The second kappa shape index (κ2) is 4.79. The summed E-state index contributed by atoms with van der Waals surface area (Å²) >= 11 is 3.55. The zero-order chi connectivity index (χ0) is 10.7. The molecule has 0 spiro atoms. The van der Waals surface area contributed by atoms with Gasteiger partial charge in [0, 0.05) is 20.1 Å². The summed E-state index contributed by atoms with van der Waals surface area (Å²) in [6, 6.07) is 0. The van der Waals surface area contributed by atoms with E-state index in [2.05, 4.69) is 36.1 Å². The highest BCUT2D eigenvalue weighted by molar-refractivity contribution is 9.10. The molecule has 0 unspecified atom stereocenters. The number of nitrogens with one attached hydrogen (secondary N) is 1. The molecule has 0 aromatic carbocycles. The Balaban J connectivity index is 2.26. The summed E-state index contributed by atoms with van der Waals surface area (Å²) in [6.45, 7) is 2.19. The van der Waals surface area contributed by atoms with E-state index in [0.29, 0.717) is 0 Å². The zero-order valence-corrected chi connectivity index (χ0v) is 10.4. The number of hydrogen-bond donors (Lipinski definition) is 1. The summed E-state index contributed by atoms with van der Waals surface area (Å²) in [5, 5.41) is 3.05. The molecule has 0 atom stereocenters. The van der Waals surface area contributed by atoms with Gasteiger partial charge >= 0.3 is 0 Å². The van der Waals surface area contributed by atoms with Gasteiger partial charge in [0.1, 0.15) is 22.4 Å². The normalized spacial score (nSPS) is 16.5. The van der Waals surface area contributed by atoms with Crippen molar-refractivity contribution < 1.29 is 0 Å². The van der Waals surface area contributed by atoms with Crippen LogP contribution in [0.5, 0.6) is 0 Å². The fourth-order valence-electron chi connectivity index (χ4n) is 1.86. The first-order chi connectivity index (χ1) is 7.33. The van der Waals surface area contributed by atoms with Crippen molar-refractivity contribution in [2.24, 2.45) is 0 Å². The summed E-state index contributed by atoms with van der Waals surface area (Å²) in [6.07, 6.45) is 5.45. The molecule has 1 aliphatic heterocycles. The van der Waals surface area contributed by atoms with Crippen molar-refractivity contribution in [3.8, 4) is 0 Å². The molecule has 15 heavy (non-hydrogen) atoms. The highest BCUT2D eigenvalue weighted by Gasteiger charge is 2.16. The van der Waals surface area contributed by atoms with Crippen LogP contribution in [0.2, 0.25) is 0 Å². The topological polar surface area (TPSA) is 41.1 Å². The minimum absolute atomic E-state index is 0.852. The largest absolute Gasteiger partial charge is 0.372 e. The molecule has 1 aromatic rings. The summed E-state index contributed by atoms with van der Waals surface area (Å²) < 4.78 is 0.967. The highest BCUT2D eigenvalue weighted by atomic mass is 79.9. The predicted molar refractivity (Wildman–Crippen MR) is 65.3 cm³/mol. The maximum atomic E-state index is 4.34. The van der Waals surface area contributed by atoms with Gasteiger partial charge in [-0.1, -0.05) is 0 Å². The number of halogens is 1. The van der Waals surface area contributed by atoms with Crippen molar-refractivity contribution in [1.29, 1.82) is 0 Å². The van der Waals surface area contributed by atoms with E-state index in [0.717, 1.165) is 29.2 Å². The Bertz CT molecular complexity index is 336. The summed E-state index contributed by atoms with van der Waals surface area (Å²) in [4.78, 5) is 10.8. The maximum absolute atomic E-state index is 4.34. The number of aromatic nitrogens is 2. The molecule has 4 nitrogen and oxygen atoms in total. The van der Waals surface area contributed by atoms with Crippen molar-refractivity contribution in [3.05, 3.63) is 10.8 Å². The van der Waals surface area contributed by atoms with E-state index in [1.54, 1.807) is 6.33 Å². The van der Waals surface area contributed by atoms with Gasteiger partial charge in [-0.15, -0.1) is 0 Å². The molecule has 0 bridgehead atoms. The van der Waals surface area contributed by atoms with Crippen molar-refractivity contribution >= 4 is 27.6 Å². The van der Waals surface area contributed by atoms with Crippen LogP contribution in [0.1, 0.15) is 19.3 Å². The van der Waals surface area contributed by atoms with Crippen LogP contribution in [-0.2, 0) is 0 Å². The van der Waals surface area contributed by atoms with E-state index in [1.807, 2.05) is 7.05 Å². The Morgan fingerprint density at radius 2 is 2.00 bits per heavy atom. The van der Waals surface area contributed by atoms with Gasteiger partial charge in [-0.05, 0) is 35.2 Å². The molecule has 1 fully saturated rings. The molecule has 1 N–H and O–H groups in total. The first kappa shape index (κ1) is 10.7.